The molecule has 1 amide bonds. The van der Waals surface area contributed by atoms with Crippen molar-refractivity contribution in [2.75, 3.05) is 6.54 Å². The number of hydrogen-bond donors (Lipinski definition) is 1. The van der Waals surface area contributed by atoms with E-state index in [0.29, 0.717) is 0 Å². The van der Waals surface area contributed by atoms with Gasteiger partial charge in [-0.2, -0.15) is 0 Å². The molecule has 0 aromatic carbocycles. The topological polar surface area (TPSA) is 42.0 Å². The molecule has 1 heterocycles. The van der Waals surface area contributed by atoms with E-state index >= 15 is 0 Å². The quantitative estimate of drug-likeness (QED) is 0.895. The molecule has 17 heavy (non-hydrogen) atoms. The number of aryl methyl sites for hydroxylation is 2. The summed E-state index contributed by atoms with van der Waals surface area (Å²) in [6, 6.07) is 0. The number of amides is 1. The zero-order chi connectivity index (χ0) is 12.3. The van der Waals surface area contributed by atoms with E-state index in [1.165, 1.54) is 17.7 Å². The summed E-state index contributed by atoms with van der Waals surface area (Å²) in [5, 5.41) is 4.16. The lowest BCUT2D eigenvalue weighted by atomic mass is 10.1. The first kappa shape index (κ1) is 12.6. The van der Waals surface area contributed by atoms with Gasteiger partial charge in [0.2, 0.25) is 5.91 Å². The van der Waals surface area contributed by atoms with E-state index in [1.54, 1.807) is 11.3 Å². The molecular formula is C13H20N2OS. The predicted octanol–water partition coefficient (Wildman–Crippen LogP) is 2.61. The molecule has 4 heteroatoms. The van der Waals surface area contributed by atoms with E-state index in [4.69, 9.17) is 0 Å². The number of carbonyl (C=O) groups excluding carboxylic acids is 1. The van der Waals surface area contributed by atoms with E-state index in [1.807, 2.05) is 13.8 Å². The van der Waals surface area contributed by atoms with Gasteiger partial charge in [-0.15, -0.1) is 11.3 Å². The molecule has 1 aromatic heterocycles. The molecule has 0 radical (unpaired) electrons. The van der Waals surface area contributed by atoms with Gasteiger partial charge in [0, 0.05) is 23.8 Å². The summed E-state index contributed by atoms with van der Waals surface area (Å²) in [5.74, 6) is 0.528. The molecule has 1 N–H and O–H groups in total. The first-order valence-corrected chi connectivity index (χ1v) is 7.19. The standard InChI is InChI=1S/C13H20N2OS/c1-9-12(17-10(2)15-9)7-8-14-13(16)11-5-3-4-6-11/h11H,3-8H2,1-2H3,(H,14,16). The smallest absolute Gasteiger partial charge is 0.223 e. The summed E-state index contributed by atoms with van der Waals surface area (Å²) in [6.45, 7) is 4.81. The highest BCUT2D eigenvalue weighted by Gasteiger charge is 2.22. The zero-order valence-corrected chi connectivity index (χ0v) is 11.4. The second-order valence-corrected chi connectivity index (χ2v) is 6.05. The molecule has 2 rings (SSSR count). The fraction of sp³-hybridized carbons (Fsp3) is 0.692. The molecule has 1 fully saturated rings. The maximum Gasteiger partial charge on any atom is 0.223 e. The SMILES string of the molecule is Cc1nc(C)c(CCNC(=O)C2CCCC2)s1. The van der Waals surface area contributed by atoms with Gasteiger partial charge in [-0.25, -0.2) is 4.98 Å². The van der Waals surface area contributed by atoms with Crippen molar-refractivity contribution in [2.45, 2.75) is 46.0 Å². The first-order chi connectivity index (χ1) is 8.16. The lowest BCUT2D eigenvalue weighted by molar-refractivity contribution is -0.124. The third-order valence-corrected chi connectivity index (χ3v) is 4.51. The van der Waals surface area contributed by atoms with Gasteiger partial charge in [-0.3, -0.25) is 4.79 Å². The molecule has 0 saturated heterocycles. The Balaban J connectivity index is 1.75. The van der Waals surface area contributed by atoms with Crippen molar-refractivity contribution >= 4 is 17.2 Å². The Kier molecular flexibility index (Phi) is 4.15. The van der Waals surface area contributed by atoms with Crippen molar-refractivity contribution in [1.82, 2.24) is 10.3 Å². The number of nitrogens with one attached hydrogen (secondary N) is 1. The van der Waals surface area contributed by atoms with Crippen LogP contribution in [0.2, 0.25) is 0 Å². The van der Waals surface area contributed by atoms with Crippen LogP contribution < -0.4 is 5.32 Å². The van der Waals surface area contributed by atoms with Gasteiger partial charge >= 0.3 is 0 Å². The van der Waals surface area contributed by atoms with Gasteiger partial charge in [0.15, 0.2) is 0 Å². The van der Waals surface area contributed by atoms with Gasteiger partial charge in [0.1, 0.15) is 0 Å². The van der Waals surface area contributed by atoms with Crippen LogP contribution in [-0.4, -0.2) is 17.4 Å². The lowest BCUT2D eigenvalue weighted by Gasteiger charge is -2.09. The molecular weight excluding hydrogens is 232 g/mol. The summed E-state index contributed by atoms with van der Waals surface area (Å²) in [6.07, 6.45) is 5.49. The monoisotopic (exact) mass is 252 g/mol. The van der Waals surface area contributed by atoms with Gasteiger partial charge < -0.3 is 5.32 Å². The van der Waals surface area contributed by atoms with Crippen LogP contribution in [-0.2, 0) is 11.2 Å². The molecule has 1 saturated carbocycles. The molecule has 0 atom stereocenters. The number of nitrogens with zero attached hydrogens (tertiary/aromatic N) is 1. The van der Waals surface area contributed by atoms with Crippen LogP contribution >= 0.6 is 11.3 Å². The van der Waals surface area contributed by atoms with Crippen LogP contribution in [0, 0.1) is 19.8 Å². The summed E-state index contributed by atoms with van der Waals surface area (Å²) in [7, 11) is 0. The van der Waals surface area contributed by atoms with E-state index in [-0.39, 0.29) is 11.8 Å². The maximum absolute atomic E-state index is 11.8. The Morgan fingerprint density at radius 2 is 2.12 bits per heavy atom. The highest BCUT2D eigenvalue weighted by atomic mass is 32.1. The van der Waals surface area contributed by atoms with E-state index in [0.717, 1.165) is 36.5 Å². The Hall–Kier alpha value is -0.900. The minimum atomic E-state index is 0.251. The molecule has 0 unspecified atom stereocenters. The molecule has 1 aliphatic carbocycles. The summed E-state index contributed by atoms with van der Waals surface area (Å²) in [5.41, 5.74) is 1.11. The van der Waals surface area contributed by atoms with Crippen LogP contribution in [0.1, 0.15) is 41.3 Å². The van der Waals surface area contributed by atoms with Crippen LogP contribution in [0.3, 0.4) is 0 Å². The van der Waals surface area contributed by atoms with Gasteiger partial charge in [0.05, 0.1) is 10.7 Å². The van der Waals surface area contributed by atoms with Crippen LogP contribution in [0.5, 0.6) is 0 Å². The molecule has 0 aliphatic heterocycles. The Labute approximate surface area is 107 Å². The van der Waals surface area contributed by atoms with Crippen LogP contribution in [0.4, 0.5) is 0 Å². The van der Waals surface area contributed by atoms with Crippen molar-refractivity contribution in [2.24, 2.45) is 5.92 Å². The fourth-order valence-corrected chi connectivity index (χ4v) is 3.37. The number of hydrogen-bond acceptors (Lipinski definition) is 3. The minimum absolute atomic E-state index is 0.251. The second-order valence-electron chi connectivity index (χ2n) is 4.76. The number of rotatable bonds is 4. The van der Waals surface area contributed by atoms with Gasteiger partial charge in [-0.05, 0) is 26.7 Å². The normalized spacial score (nSPS) is 16.4. The zero-order valence-electron chi connectivity index (χ0n) is 10.6. The lowest BCUT2D eigenvalue weighted by Crippen LogP contribution is -2.30. The predicted molar refractivity (Wildman–Crippen MR) is 70.3 cm³/mol. The highest BCUT2D eigenvalue weighted by Crippen LogP contribution is 2.24. The van der Waals surface area contributed by atoms with Gasteiger partial charge in [0.25, 0.3) is 0 Å². The van der Waals surface area contributed by atoms with Crippen molar-refractivity contribution in [3.63, 3.8) is 0 Å². The second kappa shape index (κ2) is 5.63. The number of aromatic nitrogens is 1. The minimum Gasteiger partial charge on any atom is -0.356 e. The molecule has 1 aliphatic rings. The van der Waals surface area contributed by atoms with E-state index < -0.39 is 0 Å². The summed E-state index contributed by atoms with van der Waals surface area (Å²) < 4.78 is 0. The number of carbonyl (C=O) groups is 1. The average molecular weight is 252 g/mol. The maximum atomic E-state index is 11.8. The molecule has 1 aromatic rings. The Morgan fingerprint density at radius 3 is 2.71 bits per heavy atom. The first-order valence-electron chi connectivity index (χ1n) is 6.37. The third kappa shape index (κ3) is 3.28. The van der Waals surface area contributed by atoms with E-state index in [9.17, 15) is 4.79 Å². The van der Waals surface area contributed by atoms with Crippen LogP contribution in [0.15, 0.2) is 0 Å². The molecule has 0 spiro atoms. The van der Waals surface area contributed by atoms with Crippen molar-refractivity contribution < 1.29 is 4.79 Å². The third-order valence-electron chi connectivity index (χ3n) is 3.38. The Morgan fingerprint density at radius 1 is 1.41 bits per heavy atom. The van der Waals surface area contributed by atoms with Crippen LogP contribution in [0.25, 0.3) is 0 Å². The molecule has 0 bridgehead atoms. The molecule has 94 valence electrons. The summed E-state index contributed by atoms with van der Waals surface area (Å²) >= 11 is 1.74. The Bertz CT molecular complexity index is 394. The number of thiazole rings is 1. The van der Waals surface area contributed by atoms with E-state index in [2.05, 4.69) is 10.3 Å². The molecule has 3 nitrogen and oxygen atoms in total. The fourth-order valence-electron chi connectivity index (χ4n) is 2.44. The highest BCUT2D eigenvalue weighted by molar-refractivity contribution is 7.11. The van der Waals surface area contributed by atoms with Crippen molar-refractivity contribution in [3.8, 4) is 0 Å². The summed E-state index contributed by atoms with van der Waals surface area (Å²) in [4.78, 5) is 17.5. The van der Waals surface area contributed by atoms with Crippen molar-refractivity contribution in [1.29, 1.82) is 0 Å². The average Bonchev–Trinajstić information content (AvgIpc) is 2.89. The van der Waals surface area contributed by atoms with Gasteiger partial charge in [-0.1, -0.05) is 12.8 Å². The largest absolute Gasteiger partial charge is 0.356 e. The van der Waals surface area contributed by atoms with Crippen molar-refractivity contribution in [3.05, 3.63) is 15.6 Å².